The standard InChI is InChI=1S/C31H30N2O6S2/c1-14(2)11-20(30(36)37)33-28(34)23-18-13-19(24(23)29(33)35)25-22(18)21(26-27(40-25)32-31(38)41-26)15-7-6-10-17(12-15)39-16-8-4-3-5-9-16/h3-10,12,14,18-25H,11,13H2,1-2H3,(H,32,38)(H,36,37). The molecule has 7 rings (SSSR count). The molecule has 3 aromatic rings. The van der Waals surface area contributed by atoms with Crippen molar-refractivity contribution in [3.63, 3.8) is 0 Å². The maximum atomic E-state index is 13.9. The summed E-state index contributed by atoms with van der Waals surface area (Å²) in [6.07, 6.45) is 0.985. The Balaban J connectivity index is 1.27. The van der Waals surface area contributed by atoms with Gasteiger partial charge in [0, 0.05) is 16.0 Å². The average Bonchev–Trinajstić information content (AvgIpc) is 3.67. The van der Waals surface area contributed by atoms with E-state index in [1.54, 1.807) is 11.8 Å². The van der Waals surface area contributed by atoms with E-state index in [1.165, 1.54) is 11.3 Å². The van der Waals surface area contributed by atoms with Crippen LogP contribution in [0.2, 0.25) is 0 Å². The lowest BCUT2D eigenvalue weighted by atomic mass is 9.68. The fourth-order valence-electron chi connectivity index (χ4n) is 7.88. The minimum Gasteiger partial charge on any atom is -0.480 e. The number of hydrogen-bond donors (Lipinski definition) is 2. The van der Waals surface area contributed by atoms with Gasteiger partial charge in [0.1, 0.15) is 17.5 Å². The van der Waals surface area contributed by atoms with Gasteiger partial charge in [0.25, 0.3) is 0 Å². The van der Waals surface area contributed by atoms with Crippen molar-refractivity contribution in [3.05, 3.63) is 74.7 Å². The normalized spacial score (nSPS) is 30.3. The number of aromatic amines is 1. The monoisotopic (exact) mass is 590 g/mol. The molecule has 0 spiro atoms. The van der Waals surface area contributed by atoms with E-state index in [0.29, 0.717) is 5.75 Å². The number of amides is 2. The first-order chi connectivity index (χ1) is 19.7. The zero-order valence-corrected chi connectivity index (χ0v) is 24.2. The number of aliphatic carboxylic acids is 1. The third-order valence-corrected chi connectivity index (χ3v) is 11.8. The third kappa shape index (κ3) is 4.17. The second-order valence-corrected chi connectivity index (χ2v) is 14.2. The van der Waals surface area contributed by atoms with Crippen molar-refractivity contribution in [2.24, 2.45) is 35.5 Å². The highest BCUT2D eigenvalue weighted by Crippen LogP contribution is 2.68. The molecular formula is C31H30N2O6S2. The largest absolute Gasteiger partial charge is 0.480 e. The zero-order chi connectivity index (χ0) is 28.6. The smallest absolute Gasteiger partial charge is 0.326 e. The number of benzene rings is 2. The lowest BCUT2D eigenvalue weighted by Crippen LogP contribution is -2.47. The van der Waals surface area contributed by atoms with Crippen molar-refractivity contribution < 1.29 is 24.2 Å². The number of hydrogen-bond acceptors (Lipinski definition) is 7. The van der Waals surface area contributed by atoms with E-state index in [2.05, 4.69) is 4.98 Å². The summed E-state index contributed by atoms with van der Waals surface area (Å²) in [7, 11) is 0. The highest BCUT2D eigenvalue weighted by atomic mass is 32.2. The first-order valence-corrected chi connectivity index (χ1v) is 15.7. The number of likely N-dealkylation sites (tertiary alicyclic amines) is 1. The molecule has 2 saturated carbocycles. The summed E-state index contributed by atoms with van der Waals surface area (Å²) in [6, 6.07) is 16.3. The van der Waals surface area contributed by atoms with Crippen molar-refractivity contribution in [2.75, 3.05) is 0 Å². The first-order valence-electron chi connectivity index (χ1n) is 14.0. The van der Waals surface area contributed by atoms with E-state index in [0.717, 1.165) is 32.5 Å². The molecule has 2 amide bonds. The Labute approximate surface area is 245 Å². The van der Waals surface area contributed by atoms with Crippen molar-refractivity contribution in [1.29, 1.82) is 0 Å². The molecular weight excluding hydrogens is 560 g/mol. The molecule has 4 aliphatic rings. The highest BCUT2D eigenvalue weighted by Gasteiger charge is 2.70. The molecule has 8 atom stereocenters. The number of rotatable bonds is 7. The van der Waals surface area contributed by atoms with Crippen LogP contribution < -0.4 is 9.61 Å². The van der Waals surface area contributed by atoms with Crippen LogP contribution >= 0.6 is 23.1 Å². The van der Waals surface area contributed by atoms with E-state index in [9.17, 15) is 24.3 Å². The summed E-state index contributed by atoms with van der Waals surface area (Å²) >= 11 is 2.83. The van der Waals surface area contributed by atoms with E-state index in [-0.39, 0.29) is 57.9 Å². The van der Waals surface area contributed by atoms with Gasteiger partial charge in [-0.25, -0.2) is 4.79 Å². The van der Waals surface area contributed by atoms with Crippen LogP contribution in [0.15, 0.2) is 64.4 Å². The number of carbonyl (C=O) groups excluding carboxylic acids is 2. The topological polar surface area (TPSA) is 117 Å². The second-order valence-electron chi connectivity index (χ2n) is 12.0. The van der Waals surface area contributed by atoms with Gasteiger partial charge < -0.3 is 14.8 Å². The number of carbonyl (C=O) groups is 3. The molecule has 2 aliphatic carbocycles. The van der Waals surface area contributed by atoms with Crippen LogP contribution in [0.5, 0.6) is 11.5 Å². The van der Waals surface area contributed by atoms with Crippen molar-refractivity contribution in [1.82, 2.24) is 9.88 Å². The van der Waals surface area contributed by atoms with Crippen LogP contribution in [0.1, 0.15) is 43.0 Å². The minimum atomic E-state index is -1.14. The highest BCUT2D eigenvalue weighted by molar-refractivity contribution is 8.00. The number of H-pyrrole nitrogens is 1. The number of fused-ring (bicyclic) bond motifs is 9. The number of thiazole rings is 1. The fraction of sp³-hybridized carbons (Fsp3) is 0.419. The van der Waals surface area contributed by atoms with Gasteiger partial charge in [0.15, 0.2) is 0 Å². The first kappa shape index (κ1) is 26.5. The number of nitrogens with one attached hydrogen (secondary N) is 1. The quantitative estimate of drug-likeness (QED) is 0.363. The molecule has 212 valence electrons. The molecule has 3 heterocycles. The van der Waals surface area contributed by atoms with E-state index < -0.39 is 23.8 Å². The Morgan fingerprint density at radius 1 is 1.02 bits per heavy atom. The molecule has 2 bridgehead atoms. The van der Waals surface area contributed by atoms with Crippen LogP contribution in [0.4, 0.5) is 0 Å². The van der Waals surface area contributed by atoms with Crippen molar-refractivity contribution in [3.8, 4) is 11.5 Å². The predicted octanol–water partition coefficient (Wildman–Crippen LogP) is 5.20. The number of aromatic nitrogens is 1. The predicted molar refractivity (Wildman–Crippen MR) is 154 cm³/mol. The summed E-state index contributed by atoms with van der Waals surface area (Å²) in [5.41, 5.74) is 1.01. The number of thioether (sulfide) groups is 1. The molecule has 8 nitrogen and oxygen atoms in total. The van der Waals surface area contributed by atoms with Gasteiger partial charge >= 0.3 is 10.8 Å². The number of ether oxygens (including phenoxy) is 1. The SMILES string of the molecule is CC(C)CC(C(=O)O)N1C(=O)C2C3CC(C2C1=O)C1C(c2cccc(Oc4ccccc4)c2)c2sc(=O)[nH]c2SC31. The number of imide groups is 1. The Bertz CT molecular complexity index is 1600. The van der Waals surface area contributed by atoms with Gasteiger partial charge in [-0.15, -0.1) is 11.8 Å². The van der Waals surface area contributed by atoms with Gasteiger partial charge in [0.05, 0.1) is 16.9 Å². The van der Waals surface area contributed by atoms with Crippen LogP contribution in [0, 0.1) is 35.5 Å². The average molecular weight is 591 g/mol. The second kappa shape index (κ2) is 9.87. The Hall–Kier alpha value is -3.37. The summed E-state index contributed by atoms with van der Waals surface area (Å²) < 4.78 is 6.14. The third-order valence-electron chi connectivity index (χ3n) is 9.25. The number of para-hydroxylation sites is 1. The van der Waals surface area contributed by atoms with Gasteiger partial charge in [-0.3, -0.25) is 19.3 Å². The van der Waals surface area contributed by atoms with Crippen LogP contribution in [-0.4, -0.2) is 44.1 Å². The van der Waals surface area contributed by atoms with Crippen LogP contribution in [0.25, 0.3) is 0 Å². The lowest BCUT2D eigenvalue weighted by molar-refractivity contribution is -0.156. The lowest BCUT2D eigenvalue weighted by Gasteiger charge is -2.43. The van der Waals surface area contributed by atoms with Crippen molar-refractivity contribution in [2.45, 2.75) is 48.9 Å². The summed E-state index contributed by atoms with van der Waals surface area (Å²) in [6.45, 7) is 3.80. The van der Waals surface area contributed by atoms with E-state index in [4.69, 9.17) is 4.74 Å². The molecule has 2 N–H and O–H groups in total. The molecule has 41 heavy (non-hydrogen) atoms. The number of carboxylic acids is 1. The molecule has 0 radical (unpaired) electrons. The van der Waals surface area contributed by atoms with Gasteiger partial charge in [0.2, 0.25) is 11.8 Å². The van der Waals surface area contributed by atoms with Crippen LogP contribution in [-0.2, 0) is 14.4 Å². The molecule has 1 saturated heterocycles. The molecule has 10 heteroatoms. The van der Waals surface area contributed by atoms with Crippen molar-refractivity contribution >= 4 is 40.9 Å². The van der Waals surface area contributed by atoms with Gasteiger partial charge in [-0.2, -0.15) is 0 Å². The Kier molecular flexibility index (Phi) is 6.39. The minimum absolute atomic E-state index is 0.0228. The summed E-state index contributed by atoms with van der Waals surface area (Å²) in [5, 5.41) is 10.8. The van der Waals surface area contributed by atoms with E-state index in [1.807, 2.05) is 68.4 Å². The number of nitrogens with zero attached hydrogens (tertiary/aromatic N) is 1. The summed E-state index contributed by atoms with van der Waals surface area (Å²) in [4.78, 5) is 57.4. The fourth-order valence-corrected chi connectivity index (χ4v) is 10.8. The van der Waals surface area contributed by atoms with Gasteiger partial charge in [-0.05, 0) is 66.3 Å². The molecule has 2 aliphatic heterocycles. The maximum Gasteiger partial charge on any atom is 0.326 e. The molecule has 1 aromatic heterocycles. The molecule has 3 fully saturated rings. The Morgan fingerprint density at radius 3 is 2.44 bits per heavy atom. The maximum absolute atomic E-state index is 13.9. The summed E-state index contributed by atoms with van der Waals surface area (Å²) in [5.74, 6) is -1.64. The molecule has 8 unspecified atom stereocenters. The van der Waals surface area contributed by atoms with Crippen LogP contribution in [0.3, 0.4) is 0 Å². The zero-order valence-electron chi connectivity index (χ0n) is 22.6. The number of carboxylic acid groups (broad SMARTS) is 1. The van der Waals surface area contributed by atoms with Gasteiger partial charge in [-0.1, -0.05) is 55.5 Å². The van der Waals surface area contributed by atoms with E-state index >= 15 is 0 Å². The Morgan fingerprint density at radius 2 is 1.73 bits per heavy atom. The molecule has 2 aromatic carbocycles.